The summed E-state index contributed by atoms with van der Waals surface area (Å²) in [5, 5.41) is 4.51. The number of amides is 1. The average Bonchev–Trinajstić information content (AvgIpc) is 2.81. The van der Waals surface area contributed by atoms with Gasteiger partial charge in [-0.15, -0.1) is 0 Å². The highest BCUT2D eigenvalue weighted by atomic mass is 16.2. The first-order chi connectivity index (χ1) is 12.0. The zero-order chi connectivity index (χ0) is 17.8. The van der Waals surface area contributed by atoms with Gasteiger partial charge in [-0.1, -0.05) is 6.07 Å². The van der Waals surface area contributed by atoms with Crippen LogP contribution in [0, 0.1) is 13.8 Å². The molecular weight excluding hydrogens is 314 g/mol. The van der Waals surface area contributed by atoms with Crippen molar-refractivity contribution in [3.05, 3.63) is 41.9 Å². The third-order valence-corrected chi connectivity index (χ3v) is 4.75. The number of aromatic nitrogens is 3. The summed E-state index contributed by atoms with van der Waals surface area (Å²) in [5.41, 5.74) is 2.10. The van der Waals surface area contributed by atoms with Gasteiger partial charge < -0.3 is 9.80 Å². The second-order valence-corrected chi connectivity index (χ2v) is 6.83. The number of pyridine rings is 1. The Hall–Kier alpha value is -2.37. The van der Waals surface area contributed by atoms with E-state index in [-0.39, 0.29) is 11.9 Å². The van der Waals surface area contributed by atoms with Crippen molar-refractivity contribution in [3.63, 3.8) is 0 Å². The maximum absolute atomic E-state index is 12.7. The Morgan fingerprint density at radius 2 is 2.04 bits per heavy atom. The zero-order valence-corrected chi connectivity index (χ0v) is 15.4. The molecule has 0 spiro atoms. The number of hydrogen-bond donors (Lipinski definition) is 0. The second-order valence-electron chi connectivity index (χ2n) is 6.83. The highest BCUT2D eigenvalue weighted by Gasteiger charge is 2.22. The number of hydrogen-bond acceptors (Lipinski definition) is 4. The Balaban J connectivity index is 1.58. The van der Waals surface area contributed by atoms with Gasteiger partial charge in [-0.3, -0.25) is 9.48 Å². The summed E-state index contributed by atoms with van der Waals surface area (Å²) >= 11 is 0. The van der Waals surface area contributed by atoms with Crippen LogP contribution in [0.5, 0.6) is 0 Å². The standard InChI is InChI=1S/C19H27N5O/c1-15-13-16(2)24(21-15)17(3)14-19(25)23-10-6-9-22(11-12-23)18-7-4-5-8-20-18/h4-5,7-8,13,17H,6,9-12,14H2,1-3H3. The maximum Gasteiger partial charge on any atom is 0.224 e. The molecule has 3 heterocycles. The van der Waals surface area contributed by atoms with Gasteiger partial charge in [-0.2, -0.15) is 5.10 Å². The molecule has 6 heteroatoms. The lowest BCUT2D eigenvalue weighted by atomic mass is 10.2. The lowest BCUT2D eigenvalue weighted by molar-refractivity contribution is -0.131. The minimum Gasteiger partial charge on any atom is -0.355 e. The summed E-state index contributed by atoms with van der Waals surface area (Å²) in [4.78, 5) is 21.4. The fraction of sp³-hybridized carbons (Fsp3) is 0.526. The number of rotatable bonds is 4. The summed E-state index contributed by atoms with van der Waals surface area (Å²) in [6.45, 7) is 9.42. The van der Waals surface area contributed by atoms with Gasteiger partial charge in [0.1, 0.15) is 5.82 Å². The van der Waals surface area contributed by atoms with Crippen LogP contribution >= 0.6 is 0 Å². The molecular formula is C19H27N5O. The van der Waals surface area contributed by atoms with E-state index < -0.39 is 0 Å². The van der Waals surface area contributed by atoms with Crippen LogP contribution in [0.1, 0.15) is 37.2 Å². The molecule has 1 amide bonds. The lowest BCUT2D eigenvalue weighted by Gasteiger charge is -2.24. The van der Waals surface area contributed by atoms with Crippen molar-refractivity contribution in [1.82, 2.24) is 19.7 Å². The van der Waals surface area contributed by atoms with Gasteiger partial charge in [0.15, 0.2) is 0 Å². The van der Waals surface area contributed by atoms with E-state index in [1.165, 1.54) is 0 Å². The van der Waals surface area contributed by atoms with Gasteiger partial charge in [0.2, 0.25) is 5.91 Å². The summed E-state index contributed by atoms with van der Waals surface area (Å²) in [6, 6.07) is 8.10. The molecule has 134 valence electrons. The Bertz CT molecular complexity index is 712. The Morgan fingerprint density at radius 1 is 1.20 bits per heavy atom. The van der Waals surface area contributed by atoms with Crippen molar-refractivity contribution in [3.8, 4) is 0 Å². The molecule has 0 N–H and O–H groups in total. The third-order valence-electron chi connectivity index (χ3n) is 4.75. The highest BCUT2D eigenvalue weighted by Crippen LogP contribution is 2.18. The van der Waals surface area contributed by atoms with Crippen LogP contribution in [0.15, 0.2) is 30.5 Å². The SMILES string of the molecule is Cc1cc(C)n(C(C)CC(=O)N2CCCN(c3ccccn3)CC2)n1. The monoisotopic (exact) mass is 341 g/mol. The number of anilines is 1. The summed E-state index contributed by atoms with van der Waals surface area (Å²) in [7, 11) is 0. The summed E-state index contributed by atoms with van der Waals surface area (Å²) in [5.74, 6) is 1.20. The average molecular weight is 341 g/mol. The molecule has 3 rings (SSSR count). The van der Waals surface area contributed by atoms with Gasteiger partial charge in [0.25, 0.3) is 0 Å². The minimum atomic E-state index is 0.0800. The van der Waals surface area contributed by atoms with E-state index in [4.69, 9.17) is 0 Å². The first-order valence-corrected chi connectivity index (χ1v) is 9.01. The third kappa shape index (κ3) is 4.18. The van der Waals surface area contributed by atoms with E-state index >= 15 is 0 Å². The molecule has 0 aliphatic carbocycles. The predicted molar refractivity (Wildman–Crippen MR) is 98.7 cm³/mol. The number of aryl methyl sites for hydroxylation is 2. The first-order valence-electron chi connectivity index (χ1n) is 9.01. The molecule has 2 aromatic rings. The largest absolute Gasteiger partial charge is 0.355 e. The molecule has 6 nitrogen and oxygen atoms in total. The molecule has 0 radical (unpaired) electrons. The molecule has 2 aromatic heterocycles. The van der Waals surface area contributed by atoms with E-state index in [0.717, 1.165) is 49.8 Å². The van der Waals surface area contributed by atoms with Crippen molar-refractivity contribution in [1.29, 1.82) is 0 Å². The molecule has 1 fully saturated rings. The zero-order valence-electron chi connectivity index (χ0n) is 15.4. The maximum atomic E-state index is 12.7. The van der Waals surface area contributed by atoms with Crippen molar-refractivity contribution >= 4 is 11.7 Å². The molecule has 1 unspecified atom stereocenters. The van der Waals surface area contributed by atoms with Crippen LogP contribution in [-0.2, 0) is 4.79 Å². The van der Waals surface area contributed by atoms with Gasteiger partial charge >= 0.3 is 0 Å². The van der Waals surface area contributed by atoms with E-state index in [9.17, 15) is 4.79 Å². The molecule has 1 atom stereocenters. The Morgan fingerprint density at radius 3 is 2.72 bits per heavy atom. The van der Waals surface area contributed by atoms with E-state index in [1.54, 1.807) is 0 Å². The summed E-state index contributed by atoms with van der Waals surface area (Å²) < 4.78 is 1.96. The second kappa shape index (κ2) is 7.68. The van der Waals surface area contributed by atoms with E-state index in [2.05, 4.69) is 28.0 Å². The van der Waals surface area contributed by atoms with E-state index in [1.807, 2.05) is 47.8 Å². The van der Waals surface area contributed by atoms with Gasteiger partial charge in [0.05, 0.1) is 11.7 Å². The van der Waals surface area contributed by atoms with Crippen LogP contribution in [0.4, 0.5) is 5.82 Å². The normalized spacial score (nSPS) is 16.6. The van der Waals surface area contributed by atoms with Crippen molar-refractivity contribution in [2.45, 2.75) is 39.7 Å². The quantitative estimate of drug-likeness (QED) is 0.858. The van der Waals surface area contributed by atoms with Crippen LogP contribution in [0.3, 0.4) is 0 Å². The van der Waals surface area contributed by atoms with Gasteiger partial charge in [-0.25, -0.2) is 4.98 Å². The number of carbonyl (C=O) groups excluding carboxylic acids is 1. The summed E-state index contributed by atoms with van der Waals surface area (Å²) in [6.07, 6.45) is 3.28. The van der Waals surface area contributed by atoms with Crippen LogP contribution < -0.4 is 4.90 Å². The molecule has 1 aliphatic rings. The Labute approximate surface area is 149 Å². The van der Waals surface area contributed by atoms with E-state index in [0.29, 0.717) is 6.42 Å². The van der Waals surface area contributed by atoms with Gasteiger partial charge in [0, 0.05) is 44.5 Å². The van der Waals surface area contributed by atoms with Crippen molar-refractivity contribution < 1.29 is 4.79 Å². The Kier molecular flexibility index (Phi) is 5.36. The van der Waals surface area contributed by atoms with Gasteiger partial charge in [-0.05, 0) is 45.4 Å². The molecule has 25 heavy (non-hydrogen) atoms. The lowest BCUT2D eigenvalue weighted by Crippen LogP contribution is -2.36. The number of nitrogens with zero attached hydrogens (tertiary/aromatic N) is 5. The molecule has 0 aromatic carbocycles. The molecule has 0 bridgehead atoms. The molecule has 1 saturated heterocycles. The predicted octanol–water partition coefficient (Wildman–Crippen LogP) is 2.58. The first kappa shape index (κ1) is 17.5. The topological polar surface area (TPSA) is 54.3 Å². The fourth-order valence-corrected chi connectivity index (χ4v) is 3.50. The van der Waals surface area contributed by atoms with Crippen molar-refractivity contribution in [2.75, 3.05) is 31.1 Å². The fourth-order valence-electron chi connectivity index (χ4n) is 3.50. The van der Waals surface area contributed by atoms with Crippen molar-refractivity contribution in [2.24, 2.45) is 0 Å². The minimum absolute atomic E-state index is 0.0800. The molecule has 1 aliphatic heterocycles. The van der Waals surface area contributed by atoms with Crippen LogP contribution in [-0.4, -0.2) is 51.8 Å². The highest BCUT2D eigenvalue weighted by molar-refractivity contribution is 5.76. The number of carbonyl (C=O) groups is 1. The van der Waals surface area contributed by atoms with Crippen LogP contribution in [0.25, 0.3) is 0 Å². The molecule has 0 saturated carbocycles. The van der Waals surface area contributed by atoms with Crippen LogP contribution in [0.2, 0.25) is 0 Å². The smallest absolute Gasteiger partial charge is 0.224 e.